The summed E-state index contributed by atoms with van der Waals surface area (Å²) in [7, 11) is 0. The second kappa shape index (κ2) is 5.59. The average Bonchev–Trinajstić information content (AvgIpc) is 2.28. The molecule has 4 heteroatoms. The zero-order valence-electron chi connectivity index (χ0n) is 9.99. The highest BCUT2D eigenvalue weighted by Gasteiger charge is 2.15. The van der Waals surface area contributed by atoms with Crippen LogP contribution in [0.3, 0.4) is 0 Å². The van der Waals surface area contributed by atoms with E-state index in [4.69, 9.17) is 0 Å². The fourth-order valence-corrected chi connectivity index (χ4v) is 1.67. The first-order valence-corrected chi connectivity index (χ1v) is 5.84. The van der Waals surface area contributed by atoms with Crippen LogP contribution in [0.1, 0.15) is 12.5 Å². The first-order valence-electron chi connectivity index (χ1n) is 5.84. The molecule has 0 unspecified atom stereocenters. The third-order valence-corrected chi connectivity index (χ3v) is 2.97. The summed E-state index contributed by atoms with van der Waals surface area (Å²) in [6.45, 7) is 4.24. The molecular weight excluding hydrogens is 214 g/mol. The molecule has 4 nitrogen and oxygen atoms in total. The Bertz CT molecular complexity index is 420. The van der Waals surface area contributed by atoms with Crippen molar-refractivity contribution < 1.29 is 4.79 Å². The standard InChI is InChI=1S/C13H17N3O/c1-10(12-8-15-9-12)13(17)16-6-4-11-3-2-5-14-7-11/h2-3,5,7,15H,4,6,8-9H2,1H3,(H,16,17). The maximum atomic E-state index is 11.8. The van der Waals surface area contributed by atoms with Crippen molar-refractivity contribution in [2.24, 2.45) is 0 Å². The molecule has 0 bridgehead atoms. The zero-order chi connectivity index (χ0) is 12.1. The molecule has 1 amide bonds. The summed E-state index contributed by atoms with van der Waals surface area (Å²) >= 11 is 0. The highest BCUT2D eigenvalue weighted by Crippen LogP contribution is 2.08. The van der Waals surface area contributed by atoms with Crippen molar-refractivity contribution in [2.75, 3.05) is 19.6 Å². The van der Waals surface area contributed by atoms with Crippen molar-refractivity contribution in [2.45, 2.75) is 13.3 Å². The van der Waals surface area contributed by atoms with Crippen LogP contribution in [0, 0.1) is 0 Å². The lowest BCUT2D eigenvalue weighted by molar-refractivity contribution is -0.117. The van der Waals surface area contributed by atoms with Gasteiger partial charge in [0.15, 0.2) is 0 Å². The third-order valence-electron chi connectivity index (χ3n) is 2.97. The summed E-state index contributed by atoms with van der Waals surface area (Å²) in [5, 5.41) is 6.06. The van der Waals surface area contributed by atoms with Gasteiger partial charge in [0.2, 0.25) is 5.91 Å². The van der Waals surface area contributed by atoms with E-state index in [1.54, 1.807) is 6.20 Å². The maximum Gasteiger partial charge on any atom is 0.246 e. The lowest BCUT2D eigenvalue weighted by Gasteiger charge is -2.21. The molecule has 1 saturated heterocycles. The van der Waals surface area contributed by atoms with Crippen molar-refractivity contribution in [1.29, 1.82) is 0 Å². The van der Waals surface area contributed by atoms with E-state index < -0.39 is 0 Å². The van der Waals surface area contributed by atoms with Crippen LogP contribution in [0.15, 0.2) is 35.7 Å². The number of hydrogen-bond acceptors (Lipinski definition) is 3. The van der Waals surface area contributed by atoms with Crippen LogP contribution >= 0.6 is 0 Å². The van der Waals surface area contributed by atoms with Gasteiger partial charge in [-0.3, -0.25) is 9.78 Å². The van der Waals surface area contributed by atoms with Gasteiger partial charge in [0.25, 0.3) is 0 Å². The molecule has 1 fully saturated rings. The fraction of sp³-hybridized carbons (Fsp3) is 0.385. The molecule has 0 aromatic carbocycles. The lowest BCUT2D eigenvalue weighted by Crippen LogP contribution is -2.38. The Morgan fingerprint density at radius 1 is 1.53 bits per heavy atom. The lowest BCUT2D eigenvalue weighted by atomic mass is 10.0. The predicted molar refractivity (Wildman–Crippen MR) is 66.5 cm³/mol. The molecule has 0 radical (unpaired) electrons. The number of amides is 1. The number of nitrogens with one attached hydrogen (secondary N) is 2. The molecule has 0 saturated carbocycles. The Morgan fingerprint density at radius 2 is 2.35 bits per heavy atom. The van der Waals surface area contributed by atoms with Gasteiger partial charge in [-0.15, -0.1) is 0 Å². The van der Waals surface area contributed by atoms with Gasteiger partial charge >= 0.3 is 0 Å². The van der Waals surface area contributed by atoms with Gasteiger partial charge < -0.3 is 10.6 Å². The highest BCUT2D eigenvalue weighted by atomic mass is 16.1. The molecule has 1 aromatic heterocycles. The summed E-state index contributed by atoms with van der Waals surface area (Å²) in [6.07, 6.45) is 4.40. The number of nitrogens with zero attached hydrogens (tertiary/aromatic N) is 1. The molecule has 17 heavy (non-hydrogen) atoms. The van der Waals surface area contributed by atoms with Gasteiger partial charge in [0.05, 0.1) is 0 Å². The molecule has 1 aliphatic heterocycles. The first kappa shape index (κ1) is 11.8. The number of pyridine rings is 1. The van der Waals surface area contributed by atoms with E-state index in [-0.39, 0.29) is 5.91 Å². The van der Waals surface area contributed by atoms with Gasteiger partial charge in [-0.2, -0.15) is 0 Å². The van der Waals surface area contributed by atoms with Crippen LogP contribution < -0.4 is 10.6 Å². The second-order valence-corrected chi connectivity index (χ2v) is 4.20. The van der Waals surface area contributed by atoms with Crippen LogP contribution in [0.5, 0.6) is 0 Å². The topological polar surface area (TPSA) is 54.0 Å². The van der Waals surface area contributed by atoms with Gasteiger partial charge in [-0.1, -0.05) is 6.07 Å². The summed E-state index contributed by atoms with van der Waals surface area (Å²) in [5.41, 5.74) is 3.21. The summed E-state index contributed by atoms with van der Waals surface area (Å²) in [6, 6.07) is 3.92. The third kappa shape index (κ3) is 3.14. The smallest absolute Gasteiger partial charge is 0.246 e. The van der Waals surface area contributed by atoms with E-state index in [0.29, 0.717) is 6.54 Å². The van der Waals surface area contributed by atoms with Crippen LogP contribution in [-0.2, 0) is 11.2 Å². The zero-order valence-corrected chi connectivity index (χ0v) is 9.99. The maximum absolute atomic E-state index is 11.8. The minimum absolute atomic E-state index is 0.0467. The average molecular weight is 231 g/mol. The van der Waals surface area contributed by atoms with Crippen LogP contribution in [0.2, 0.25) is 0 Å². The minimum Gasteiger partial charge on any atom is -0.352 e. The van der Waals surface area contributed by atoms with Gasteiger partial charge in [-0.05, 0) is 30.5 Å². The molecule has 0 atom stereocenters. The summed E-state index contributed by atoms with van der Waals surface area (Å²) in [5.74, 6) is 0.0467. The van der Waals surface area contributed by atoms with Crippen LogP contribution in [0.4, 0.5) is 0 Å². The normalized spacial score (nSPS) is 14.1. The number of hydrogen-bond donors (Lipinski definition) is 2. The number of aromatic nitrogens is 1. The Kier molecular flexibility index (Phi) is 3.88. The van der Waals surface area contributed by atoms with Crippen molar-refractivity contribution >= 4 is 5.91 Å². The molecule has 90 valence electrons. The predicted octanol–water partition coefficient (Wildman–Crippen LogP) is 0.660. The molecule has 2 heterocycles. The molecule has 0 spiro atoms. The quantitative estimate of drug-likeness (QED) is 0.748. The Hall–Kier alpha value is -1.68. The van der Waals surface area contributed by atoms with E-state index in [1.807, 2.05) is 25.3 Å². The van der Waals surface area contributed by atoms with E-state index in [9.17, 15) is 4.79 Å². The van der Waals surface area contributed by atoms with Gasteiger partial charge in [-0.25, -0.2) is 0 Å². The van der Waals surface area contributed by atoms with Crippen molar-refractivity contribution in [1.82, 2.24) is 15.6 Å². The minimum atomic E-state index is 0.0467. The van der Waals surface area contributed by atoms with Crippen LogP contribution in [-0.4, -0.2) is 30.5 Å². The van der Waals surface area contributed by atoms with Gasteiger partial charge in [0.1, 0.15) is 0 Å². The Balaban J connectivity index is 1.77. The monoisotopic (exact) mass is 231 g/mol. The molecule has 0 aliphatic carbocycles. The Labute approximate surface area is 101 Å². The molecule has 2 rings (SSSR count). The van der Waals surface area contributed by atoms with Crippen molar-refractivity contribution in [3.63, 3.8) is 0 Å². The summed E-state index contributed by atoms with van der Waals surface area (Å²) < 4.78 is 0. The molecular formula is C13H17N3O. The fourth-order valence-electron chi connectivity index (χ4n) is 1.67. The van der Waals surface area contributed by atoms with Crippen LogP contribution in [0.25, 0.3) is 0 Å². The van der Waals surface area contributed by atoms with E-state index in [2.05, 4.69) is 15.6 Å². The van der Waals surface area contributed by atoms with Crippen molar-refractivity contribution in [3.8, 4) is 0 Å². The SMILES string of the molecule is CC(C(=O)NCCc1cccnc1)=C1CNC1. The Morgan fingerprint density at radius 3 is 2.94 bits per heavy atom. The molecule has 1 aliphatic rings. The number of rotatable bonds is 4. The van der Waals surface area contributed by atoms with Gasteiger partial charge in [0, 0.05) is 37.6 Å². The van der Waals surface area contributed by atoms with E-state index in [1.165, 1.54) is 5.57 Å². The molecule has 1 aromatic rings. The highest BCUT2D eigenvalue weighted by molar-refractivity contribution is 5.93. The van der Waals surface area contributed by atoms with E-state index >= 15 is 0 Å². The molecule has 2 N–H and O–H groups in total. The largest absolute Gasteiger partial charge is 0.352 e. The number of carbonyl (C=O) groups excluding carboxylic acids is 1. The second-order valence-electron chi connectivity index (χ2n) is 4.20. The van der Waals surface area contributed by atoms with Crippen molar-refractivity contribution in [3.05, 3.63) is 41.2 Å². The first-order chi connectivity index (χ1) is 8.27. The van der Waals surface area contributed by atoms with E-state index in [0.717, 1.165) is 30.6 Å². The number of carbonyl (C=O) groups is 1. The summed E-state index contributed by atoms with van der Waals surface area (Å²) in [4.78, 5) is 15.8.